The van der Waals surface area contributed by atoms with Gasteiger partial charge in [-0.15, -0.1) is 11.8 Å². The first-order valence-electron chi connectivity index (χ1n) is 4.05. The molecule has 0 rings (SSSR count). The van der Waals surface area contributed by atoms with Gasteiger partial charge in [-0.25, -0.2) is 0 Å². The van der Waals surface area contributed by atoms with Crippen LogP contribution in [0.5, 0.6) is 0 Å². The molecule has 0 saturated heterocycles. The predicted octanol–water partition coefficient (Wildman–Crippen LogP) is 1.02. The average molecular weight is 191 g/mol. The molecule has 0 aromatic heterocycles. The van der Waals surface area contributed by atoms with Gasteiger partial charge in [0, 0.05) is 11.8 Å². The number of hydrogen-bond donors (Lipinski definition) is 1. The molecule has 0 spiro atoms. The third-order valence-corrected chi connectivity index (χ3v) is 2.17. The van der Waals surface area contributed by atoms with E-state index >= 15 is 0 Å². The van der Waals surface area contributed by atoms with E-state index in [0.717, 1.165) is 5.75 Å². The molecular weight excluding hydrogens is 174 g/mol. The molecule has 0 aliphatic carbocycles. The minimum Gasteiger partial charge on any atom is -0.462 e. The molecule has 3 nitrogen and oxygen atoms in total. The second kappa shape index (κ2) is 6.31. The van der Waals surface area contributed by atoms with E-state index < -0.39 is 0 Å². The molecule has 0 aliphatic heterocycles. The fourth-order valence-corrected chi connectivity index (χ4v) is 1.35. The number of hydrogen-bond acceptors (Lipinski definition) is 4. The molecule has 12 heavy (non-hydrogen) atoms. The summed E-state index contributed by atoms with van der Waals surface area (Å²) in [4.78, 5) is 11.0. The van der Waals surface area contributed by atoms with Gasteiger partial charge in [0.05, 0.1) is 11.9 Å². The minimum absolute atomic E-state index is 0.0200. The molecule has 0 fully saturated rings. The average Bonchev–Trinajstić information content (AvgIpc) is 1.84. The first kappa shape index (κ1) is 11.8. The summed E-state index contributed by atoms with van der Waals surface area (Å²) in [5, 5.41) is 0. The molecule has 1 unspecified atom stereocenters. The molecule has 0 saturated carbocycles. The lowest BCUT2D eigenvalue weighted by Crippen LogP contribution is -2.20. The lowest BCUT2D eigenvalue weighted by molar-refractivity contribution is -0.144. The van der Waals surface area contributed by atoms with Gasteiger partial charge in [-0.05, 0) is 20.8 Å². The Morgan fingerprint density at radius 1 is 1.50 bits per heavy atom. The minimum atomic E-state index is -0.157. The zero-order chi connectivity index (χ0) is 9.56. The third kappa shape index (κ3) is 7.88. The van der Waals surface area contributed by atoms with Gasteiger partial charge in [0.15, 0.2) is 0 Å². The van der Waals surface area contributed by atoms with Gasteiger partial charge in [0.1, 0.15) is 0 Å². The van der Waals surface area contributed by atoms with Crippen LogP contribution in [-0.4, -0.2) is 29.6 Å². The van der Waals surface area contributed by atoms with Gasteiger partial charge in [0.2, 0.25) is 0 Å². The Bertz CT molecular complexity index is 137. The Kier molecular flexibility index (Phi) is 6.20. The first-order valence-corrected chi connectivity index (χ1v) is 5.20. The lowest BCUT2D eigenvalue weighted by Gasteiger charge is -2.08. The number of ether oxygens (including phenoxy) is 1. The van der Waals surface area contributed by atoms with E-state index in [1.54, 1.807) is 0 Å². The molecular formula is C8H17NO2S. The normalized spacial score (nSPS) is 13.1. The molecule has 1 atom stereocenters. The van der Waals surface area contributed by atoms with Gasteiger partial charge < -0.3 is 10.5 Å². The molecule has 2 N–H and O–H groups in total. The van der Waals surface area contributed by atoms with Crippen LogP contribution in [-0.2, 0) is 9.53 Å². The van der Waals surface area contributed by atoms with E-state index in [-0.39, 0.29) is 18.1 Å². The van der Waals surface area contributed by atoms with E-state index in [1.807, 2.05) is 20.8 Å². The van der Waals surface area contributed by atoms with Gasteiger partial charge >= 0.3 is 5.97 Å². The molecule has 4 heteroatoms. The van der Waals surface area contributed by atoms with Gasteiger partial charge in [-0.3, -0.25) is 4.79 Å². The smallest absolute Gasteiger partial charge is 0.316 e. The molecule has 0 radical (unpaired) electrons. The summed E-state index contributed by atoms with van der Waals surface area (Å²) in [6, 6.07) is 0.141. The Labute approximate surface area is 78.0 Å². The van der Waals surface area contributed by atoms with Crippen molar-refractivity contribution in [3.05, 3.63) is 0 Å². The molecule has 0 aromatic rings. The quantitative estimate of drug-likeness (QED) is 0.659. The highest BCUT2D eigenvalue weighted by Crippen LogP contribution is 2.03. The van der Waals surface area contributed by atoms with Crippen LogP contribution in [0.25, 0.3) is 0 Å². The van der Waals surface area contributed by atoms with Crippen molar-refractivity contribution < 1.29 is 9.53 Å². The lowest BCUT2D eigenvalue weighted by atomic mass is 10.4. The number of thioether (sulfide) groups is 1. The van der Waals surface area contributed by atoms with Crippen molar-refractivity contribution in [3.63, 3.8) is 0 Å². The Hall–Kier alpha value is -0.220. The molecule has 0 aliphatic rings. The van der Waals surface area contributed by atoms with Crippen LogP contribution >= 0.6 is 11.8 Å². The van der Waals surface area contributed by atoms with Crippen molar-refractivity contribution in [2.45, 2.75) is 32.9 Å². The van der Waals surface area contributed by atoms with Crippen molar-refractivity contribution in [2.24, 2.45) is 5.73 Å². The van der Waals surface area contributed by atoms with Crippen molar-refractivity contribution in [3.8, 4) is 0 Å². The van der Waals surface area contributed by atoms with E-state index in [0.29, 0.717) is 5.75 Å². The second-order valence-corrected chi connectivity index (χ2v) is 4.06. The number of rotatable bonds is 5. The molecule has 0 aromatic carbocycles. The number of carbonyl (C=O) groups excluding carboxylic acids is 1. The van der Waals surface area contributed by atoms with E-state index in [9.17, 15) is 4.79 Å². The van der Waals surface area contributed by atoms with Crippen molar-refractivity contribution in [1.82, 2.24) is 0 Å². The third-order valence-electron chi connectivity index (χ3n) is 0.968. The fraction of sp³-hybridized carbons (Fsp3) is 0.875. The highest BCUT2D eigenvalue weighted by Gasteiger charge is 2.05. The van der Waals surface area contributed by atoms with Gasteiger partial charge in [-0.2, -0.15) is 0 Å². The van der Waals surface area contributed by atoms with E-state index in [1.165, 1.54) is 11.8 Å². The van der Waals surface area contributed by atoms with Crippen LogP contribution in [0.15, 0.2) is 0 Å². The molecule has 0 bridgehead atoms. The highest BCUT2D eigenvalue weighted by atomic mass is 32.2. The van der Waals surface area contributed by atoms with Crippen molar-refractivity contribution in [1.29, 1.82) is 0 Å². The zero-order valence-electron chi connectivity index (χ0n) is 7.87. The van der Waals surface area contributed by atoms with Crippen molar-refractivity contribution in [2.75, 3.05) is 11.5 Å². The van der Waals surface area contributed by atoms with Crippen LogP contribution in [0.1, 0.15) is 20.8 Å². The van der Waals surface area contributed by atoms with Crippen LogP contribution in [0, 0.1) is 0 Å². The number of nitrogens with two attached hydrogens (primary N) is 1. The molecule has 0 amide bonds. The maximum Gasteiger partial charge on any atom is 0.316 e. The topological polar surface area (TPSA) is 52.3 Å². The summed E-state index contributed by atoms with van der Waals surface area (Å²) in [5.41, 5.74) is 5.51. The largest absolute Gasteiger partial charge is 0.462 e. The van der Waals surface area contributed by atoms with Gasteiger partial charge in [-0.1, -0.05) is 0 Å². The van der Waals surface area contributed by atoms with Crippen LogP contribution in [0.4, 0.5) is 0 Å². The number of carbonyl (C=O) groups is 1. The number of esters is 1. The summed E-state index contributed by atoms with van der Waals surface area (Å²) in [5.74, 6) is 1.04. The standard InChI is InChI=1S/C8H17NO2S/c1-6(2)11-8(10)5-12-4-7(3)9/h6-7H,4-5,9H2,1-3H3. The fourth-order valence-electron chi connectivity index (χ4n) is 0.625. The summed E-state index contributed by atoms with van der Waals surface area (Å²) in [7, 11) is 0. The molecule has 72 valence electrons. The van der Waals surface area contributed by atoms with E-state index in [4.69, 9.17) is 10.5 Å². The zero-order valence-corrected chi connectivity index (χ0v) is 8.69. The SMILES string of the molecule is CC(N)CSCC(=O)OC(C)C. The highest BCUT2D eigenvalue weighted by molar-refractivity contribution is 7.99. The van der Waals surface area contributed by atoms with Crippen LogP contribution < -0.4 is 5.73 Å². The monoisotopic (exact) mass is 191 g/mol. The predicted molar refractivity (Wildman–Crippen MR) is 52.2 cm³/mol. The summed E-state index contributed by atoms with van der Waals surface area (Å²) in [6.45, 7) is 5.60. The summed E-state index contributed by atoms with van der Waals surface area (Å²) in [6.07, 6.45) is -0.0200. The Morgan fingerprint density at radius 3 is 2.50 bits per heavy atom. The van der Waals surface area contributed by atoms with E-state index in [2.05, 4.69) is 0 Å². The maximum atomic E-state index is 11.0. The van der Waals surface area contributed by atoms with Gasteiger partial charge in [0.25, 0.3) is 0 Å². The summed E-state index contributed by atoms with van der Waals surface area (Å²) < 4.78 is 4.93. The summed E-state index contributed by atoms with van der Waals surface area (Å²) >= 11 is 1.51. The van der Waals surface area contributed by atoms with Crippen LogP contribution in [0.2, 0.25) is 0 Å². The van der Waals surface area contributed by atoms with Crippen molar-refractivity contribution >= 4 is 17.7 Å². The maximum absolute atomic E-state index is 11.0. The first-order chi connectivity index (χ1) is 5.52. The Balaban J connectivity index is 3.32. The molecule has 0 heterocycles. The second-order valence-electron chi connectivity index (χ2n) is 3.03. The Morgan fingerprint density at radius 2 is 2.08 bits per heavy atom. The van der Waals surface area contributed by atoms with Crippen LogP contribution in [0.3, 0.4) is 0 Å².